The molecule has 27 heavy (non-hydrogen) atoms. The average molecular weight is 389 g/mol. The maximum absolute atomic E-state index is 11.1. The van der Waals surface area contributed by atoms with Crippen molar-refractivity contribution in [3.05, 3.63) is 71.8 Å². The third-order valence-electron chi connectivity index (χ3n) is 4.13. The van der Waals surface area contributed by atoms with E-state index in [1.807, 2.05) is 12.1 Å². The molecule has 0 atom stereocenters. The summed E-state index contributed by atoms with van der Waals surface area (Å²) >= 11 is 0. The molecule has 2 aromatic rings. The highest BCUT2D eigenvalue weighted by Crippen LogP contribution is 2.27. The summed E-state index contributed by atoms with van der Waals surface area (Å²) in [4.78, 5) is 4.18. The minimum Gasteiger partial charge on any atom is -0.356 e. The van der Waals surface area contributed by atoms with Crippen molar-refractivity contribution in [1.82, 2.24) is 15.4 Å². The van der Waals surface area contributed by atoms with Crippen molar-refractivity contribution in [2.45, 2.75) is 12.3 Å². The minimum atomic E-state index is -3.17. The molecule has 6 nitrogen and oxygen atoms in total. The Kier molecular flexibility index (Phi) is 8.29. The Morgan fingerprint density at radius 3 is 1.89 bits per heavy atom. The molecule has 0 bridgehead atoms. The predicted octanol–water partition coefficient (Wildman–Crippen LogP) is 1.92. The first kappa shape index (κ1) is 20.9. The Balaban J connectivity index is 1.89. The average Bonchev–Trinajstić information content (AvgIpc) is 2.67. The van der Waals surface area contributed by atoms with Gasteiger partial charge in [0.05, 0.1) is 6.26 Å². The Bertz CT molecular complexity index is 769. The predicted molar refractivity (Wildman–Crippen MR) is 112 cm³/mol. The van der Waals surface area contributed by atoms with Crippen LogP contribution in [0.3, 0.4) is 0 Å². The van der Waals surface area contributed by atoms with Crippen LogP contribution in [0, 0.1) is 0 Å². The number of hydrogen-bond acceptors (Lipinski definition) is 3. The van der Waals surface area contributed by atoms with Crippen molar-refractivity contribution >= 4 is 16.0 Å². The molecule has 0 unspecified atom stereocenters. The lowest BCUT2D eigenvalue weighted by Gasteiger charge is -2.19. The van der Waals surface area contributed by atoms with Gasteiger partial charge in [-0.25, -0.2) is 13.1 Å². The summed E-state index contributed by atoms with van der Waals surface area (Å²) in [5.41, 5.74) is 2.57. The Labute approximate surface area is 162 Å². The van der Waals surface area contributed by atoms with Crippen LogP contribution in [0.2, 0.25) is 0 Å². The van der Waals surface area contributed by atoms with Gasteiger partial charge in [-0.2, -0.15) is 0 Å². The van der Waals surface area contributed by atoms with Gasteiger partial charge in [-0.15, -0.1) is 0 Å². The van der Waals surface area contributed by atoms with Gasteiger partial charge < -0.3 is 10.6 Å². The maximum Gasteiger partial charge on any atom is 0.208 e. The van der Waals surface area contributed by atoms with Crippen LogP contribution in [0.25, 0.3) is 0 Å². The van der Waals surface area contributed by atoms with Crippen LogP contribution in [0.4, 0.5) is 0 Å². The van der Waals surface area contributed by atoms with Crippen molar-refractivity contribution in [1.29, 1.82) is 0 Å². The maximum atomic E-state index is 11.1. The van der Waals surface area contributed by atoms with Gasteiger partial charge in [0.2, 0.25) is 10.0 Å². The Morgan fingerprint density at radius 1 is 0.889 bits per heavy atom. The van der Waals surface area contributed by atoms with E-state index in [1.54, 1.807) is 7.05 Å². The van der Waals surface area contributed by atoms with Crippen LogP contribution in [0.5, 0.6) is 0 Å². The van der Waals surface area contributed by atoms with Crippen LogP contribution < -0.4 is 15.4 Å². The molecule has 0 heterocycles. The van der Waals surface area contributed by atoms with Gasteiger partial charge in [0, 0.05) is 32.6 Å². The van der Waals surface area contributed by atoms with E-state index in [1.165, 1.54) is 11.1 Å². The highest BCUT2D eigenvalue weighted by molar-refractivity contribution is 7.88. The fourth-order valence-electron chi connectivity index (χ4n) is 2.87. The number of nitrogens with zero attached hydrogens (tertiary/aromatic N) is 1. The third kappa shape index (κ3) is 7.80. The van der Waals surface area contributed by atoms with E-state index < -0.39 is 10.0 Å². The van der Waals surface area contributed by atoms with E-state index in [4.69, 9.17) is 0 Å². The summed E-state index contributed by atoms with van der Waals surface area (Å²) in [5.74, 6) is 0.954. The van der Waals surface area contributed by atoms with Gasteiger partial charge in [-0.3, -0.25) is 4.99 Å². The topological polar surface area (TPSA) is 82.6 Å². The van der Waals surface area contributed by atoms with E-state index >= 15 is 0 Å². The second kappa shape index (κ2) is 10.7. The lowest BCUT2D eigenvalue weighted by Crippen LogP contribution is -2.41. The van der Waals surface area contributed by atoms with Crippen LogP contribution in [0.15, 0.2) is 65.7 Å². The summed E-state index contributed by atoms with van der Waals surface area (Å²) in [6.45, 7) is 1.53. The van der Waals surface area contributed by atoms with Crippen molar-refractivity contribution in [2.75, 3.05) is 32.9 Å². The van der Waals surface area contributed by atoms with Crippen molar-refractivity contribution in [3.63, 3.8) is 0 Å². The Morgan fingerprint density at radius 2 is 1.41 bits per heavy atom. The van der Waals surface area contributed by atoms with Crippen LogP contribution in [-0.2, 0) is 10.0 Å². The van der Waals surface area contributed by atoms with Gasteiger partial charge in [0.1, 0.15) is 0 Å². The molecule has 0 aliphatic heterocycles. The molecule has 0 spiro atoms. The standard InChI is InChI=1S/C20H28N4O2S/c1-21-20(23-15-16-24-27(2,25)26)22-14-13-19(17-9-5-3-6-10-17)18-11-7-4-8-12-18/h3-12,19,24H,13-16H2,1-2H3,(H2,21,22,23). The summed E-state index contributed by atoms with van der Waals surface area (Å²) in [6.07, 6.45) is 2.06. The number of rotatable bonds is 9. The molecule has 0 aromatic heterocycles. The first-order valence-electron chi connectivity index (χ1n) is 8.98. The van der Waals surface area contributed by atoms with Gasteiger partial charge >= 0.3 is 0 Å². The molecular formula is C20H28N4O2S. The molecule has 146 valence electrons. The number of guanidine groups is 1. The smallest absolute Gasteiger partial charge is 0.208 e. The SMILES string of the molecule is CN=C(NCCNS(C)(=O)=O)NCCC(c1ccccc1)c1ccccc1. The fraction of sp³-hybridized carbons (Fsp3) is 0.350. The first-order valence-corrected chi connectivity index (χ1v) is 10.9. The van der Waals surface area contributed by atoms with Crippen molar-refractivity contribution < 1.29 is 8.42 Å². The van der Waals surface area contributed by atoms with Gasteiger partial charge in [0.25, 0.3) is 0 Å². The summed E-state index contributed by atoms with van der Waals surface area (Å²) < 4.78 is 24.6. The summed E-state index contributed by atoms with van der Waals surface area (Å²) in [5, 5.41) is 6.41. The minimum absolute atomic E-state index is 0.296. The highest BCUT2D eigenvalue weighted by Gasteiger charge is 2.13. The normalized spacial score (nSPS) is 12.2. The zero-order chi connectivity index (χ0) is 19.5. The first-order chi connectivity index (χ1) is 13.0. The van der Waals surface area contributed by atoms with Crippen LogP contribution >= 0.6 is 0 Å². The van der Waals surface area contributed by atoms with E-state index in [-0.39, 0.29) is 0 Å². The van der Waals surface area contributed by atoms with Crippen LogP contribution in [0.1, 0.15) is 23.5 Å². The van der Waals surface area contributed by atoms with E-state index in [2.05, 4.69) is 68.9 Å². The fourth-order valence-corrected chi connectivity index (χ4v) is 3.34. The molecular weight excluding hydrogens is 360 g/mol. The lowest BCUT2D eigenvalue weighted by atomic mass is 9.88. The van der Waals surface area contributed by atoms with E-state index in [0.717, 1.165) is 19.2 Å². The Hall–Kier alpha value is -2.38. The number of benzene rings is 2. The van der Waals surface area contributed by atoms with E-state index in [9.17, 15) is 8.42 Å². The molecule has 0 saturated carbocycles. The number of nitrogens with one attached hydrogen (secondary N) is 3. The largest absolute Gasteiger partial charge is 0.356 e. The highest BCUT2D eigenvalue weighted by atomic mass is 32.2. The van der Waals surface area contributed by atoms with E-state index in [0.29, 0.717) is 25.0 Å². The zero-order valence-corrected chi connectivity index (χ0v) is 16.7. The lowest BCUT2D eigenvalue weighted by molar-refractivity contribution is 0.586. The quantitative estimate of drug-likeness (QED) is 0.348. The van der Waals surface area contributed by atoms with Gasteiger partial charge in [0.15, 0.2) is 5.96 Å². The third-order valence-corrected chi connectivity index (χ3v) is 4.86. The molecule has 0 amide bonds. The van der Waals surface area contributed by atoms with Gasteiger partial charge in [-0.05, 0) is 17.5 Å². The molecule has 0 fully saturated rings. The summed E-state index contributed by atoms with van der Waals surface area (Å²) in [7, 11) is -1.47. The number of aliphatic imine (C=N–C) groups is 1. The molecule has 0 saturated heterocycles. The molecule has 2 aromatic carbocycles. The van der Waals surface area contributed by atoms with Crippen molar-refractivity contribution in [3.8, 4) is 0 Å². The molecule has 3 N–H and O–H groups in total. The molecule has 2 rings (SSSR count). The monoisotopic (exact) mass is 388 g/mol. The van der Waals surface area contributed by atoms with Crippen LogP contribution in [-0.4, -0.2) is 47.3 Å². The number of hydrogen-bond donors (Lipinski definition) is 3. The number of sulfonamides is 1. The molecule has 0 aliphatic rings. The second-order valence-corrected chi connectivity index (χ2v) is 8.09. The molecule has 7 heteroatoms. The van der Waals surface area contributed by atoms with Crippen molar-refractivity contribution in [2.24, 2.45) is 4.99 Å². The summed E-state index contributed by atoms with van der Waals surface area (Å²) in [6, 6.07) is 20.9. The molecule has 0 radical (unpaired) electrons. The second-order valence-electron chi connectivity index (χ2n) is 6.25. The zero-order valence-electron chi connectivity index (χ0n) is 15.9. The molecule has 0 aliphatic carbocycles. The van der Waals surface area contributed by atoms with Gasteiger partial charge in [-0.1, -0.05) is 60.7 Å².